The van der Waals surface area contributed by atoms with Gasteiger partial charge < -0.3 is 5.73 Å². The van der Waals surface area contributed by atoms with E-state index in [1.807, 2.05) is 60.7 Å². The van der Waals surface area contributed by atoms with E-state index in [4.69, 9.17) is 5.73 Å². The van der Waals surface area contributed by atoms with Crippen LogP contribution in [0.3, 0.4) is 0 Å². The van der Waals surface area contributed by atoms with Crippen LogP contribution in [0.2, 0.25) is 0 Å². The first-order valence-electron chi connectivity index (χ1n) is 6.32. The molecule has 0 bridgehead atoms. The summed E-state index contributed by atoms with van der Waals surface area (Å²) in [6, 6.07) is 19.1. The molecular formula is C17H17NO. The number of rotatable bonds is 5. The number of hydrogen-bond acceptors (Lipinski definition) is 2. The van der Waals surface area contributed by atoms with Gasteiger partial charge in [0.1, 0.15) is 0 Å². The highest BCUT2D eigenvalue weighted by molar-refractivity contribution is 5.97. The lowest BCUT2D eigenvalue weighted by atomic mass is 10.0. The smallest absolute Gasteiger partial charge is 0.172 e. The Balaban J connectivity index is 1.95. The molecule has 0 unspecified atom stereocenters. The molecule has 0 aliphatic rings. The number of carbonyl (C=O) groups excluding carboxylic acids is 1. The van der Waals surface area contributed by atoms with Crippen LogP contribution in [0.5, 0.6) is 0 Å². The van der Waals surface area contributed by atoms with Crippen molar-refractivity contribution in [1.29, 1.82) is 0 Å². The predicted octanol–water partition coefficient (Wildman–Crippen LogP) is 2.84. The minimum Gasteiger partial charge on any atom is -0.321 e. The second-order valence-electron chi connectivity index (χ2n) is 4.44. The predicted molar refractivity (Wildman–Crippen MR) is 78.6 cm³/mol. The van der Waals surface area contributed by atoms with Crippen LogP contribution in [0.15, 0.2) is 66.7 Å². The monoisotopic (exact) mass is 251 g/mol. The van der Waals surface area contributed by atoms with E-state index in [9.17, 15) is 4.79 Å². The topological polar surface area (TPSA) is 43.1 Å². The number of nitrogens with two attached hydrogens (primary N) is 1. The van der Waals surface area contributed by atoms with Crippen LogP contribution >= 0.6 is 0 Å². The Kier molecular flexibility index (Phi) is 4.65. The average molecular weight is 251 g/mol. The molecule has 2 aromatic rings. The van der Waals surface area contributed by atoms with Crippen molar-refractivity contribution >= 4 is 11.9 Å². The average Bonchev–Trinajstić information content (AvgIpc) is 2.47. The number of ketones is 1. The van der Waals surface area contributed by atoms with Crippen molar-refractivity contribution in [2.45, 2.75) is 12.5 Å². The van der Waals surface area contributed by atoms with Gasteiger partial charge in [-0.15, -0.1) is 0 Å². The van der Waals surface area contributed by atoms with Gasteiger partial charge in [0.2, 0.25) is 0 Å². The Morgan fingerprint density at radius 3 is 2.21 bits per heavy atom. The zero-order valence-electron chi connectivity index (χ0n) is 10.7. The first-order valence-corrected chi connectivity index (χ1v) is 6.32. The highest BCUT2D eigenvalue weighted by Crippen LogP contribution is 2.05. The lowest BCUT2D eigenvalue weighted by molar-refractivity contribution is -0.115. The van der Waals surface area contributed by atoms with Gasteiger partial charge in [-0.05, 0) is 23.6 Å². The quantitative estimate of drug-likeness (QED) is 0.830. The third-order valence-electron chi connectivity index (χ3n) is 2.90. The second-order valence-corrected chi connectivity index (χ2v) is 4.44. The van der Waals surface area contributed by atoms with E-state index in [1.54, 1.807) is 12.2 Å². The van der Waals surface area contributed by atoms with Crippen LogP contribution in [0, 0.1) is 0 Å². The summed E-state index contributed by atoms with van der Waals surface area (Å²) in [6.45, 7) is 0. The Hall–Kier alpha value is -2.19. The summed E-state index contributed by atoms with van der Waals surface area (Å²) in [5.74, 6) is -0.0484. The molecule has 19 heavy (non-hydrogen) atoms. The summed E-state index contributed by atoms with van der Waals surface area (Å²) in [5, 5.41) is 0. The standard InChI is InChI=1S/C17H17NO/c18-16(13-15-9-5-2-6-10-15)17(19)12-11-14-7-3-1-4-8-14/h1-12,16H,13,18H2/t16-/m0/s1. The molecule has 2 nitrogen and oxygen atoms in total. The molecule has 0 aliphatic heterocycles. The molecule has 0 spiro atoms. The van der Waals surface area contributed by atoms with Crippen molar-refractivity contribution in [3.05, 3.63) is 77.9 Å². The van der Waals surface area contributed by atoms with Gasteiger partial charge in [-0.2, -0.15) is 0 Å². The molecule has 1 atom stereocenters. The van der Waals surface area contributed by atoms with E-state index in [2.05, 4.69) is 0 Å². The van der Waals surface area contributed by atoms with Crippen molar-refractivity contribution in [3.8, 4) is 0 Å². The SMILES string of the molecule is N[C@@H](Cc1ccccc1)C(=O)C=Cc1ccccc1. The van der Waals surface area contributed by atoms with E-state index >= 15 is 0 Å². The minimum absolute atomic E-state index is 0.0484. The summed E-state index contributed by atoms with van der Waals surface area (Å²) >= 11 is 0. The number of carbonyl (C=O) groups is 1. The normalized spacial score (nSPS) is 12.5. The summed E-state index contributed by atoms with van der Waals surface area (Å²) in [5.41, 5.74) is 8.00. The maximum Gasteiger partial charge on any atom is 0.172 e. The molecule has 0 saturated heterocycles. The van der Waals surface area contributed by atoms with Gasteiger partial charge in [-0.25, -0.2) is 0 Å². The molecule has 2 heteroatoms. The first-order chi connectivity index (χ1) is 9.25. The van der Waals surface area contributed by atoms with Gasteiger partial charge in [-0.1, -0.05) is 66.7 Å². The van der Waals surface area contributed by atoms with E-state index in [0.717, 1.165) is 11.1 Å². The zero-order chi connectivity index (χ0) is 13.5. The van der Waals surface area contributed by atoms with Crippen molar-refractivity contribution in [1.82, 2.24) is 0 Å². The maximum absolute atomic E-state index is 11.9. The van der Waals surface area contributed by atoms with E-state index in [1.165, 1.54) is 0 Å². The molecule has 0 amide bonds. The molecule has 2 rings (SSSR count). The Bertz CT molecular complexity index is 546. The van der Waals surface area contributed by atoms with E-state index in [-0.39, 0.29) is 5.78 Å². The summed E-state index contributed by atoms with van der Waals surface area (Å²) in [6.07, 6.45) is 3.93. The first kappa shape index (κ1) is 13.2. The molecule has 0 aromatic heterocycles. The van der Waals surface area contributed by atoms with Crippen LogP contribution in [0.4, 0.5) is 0 Å². The largest absolute Gasteiger partial charge is 0.321 e. The van der Waals surface area contributed by atoms with Gasteiger partial charge >= 0.3 is 0 Å². The van der Waals surface area contributed by atoms with Crippen LogP contribution in [0.25, 0.3) is 6.08 Å². The molecule has 0 heterocycles. The van der Waals surface area contributed by atoms with Gasteiger partial charge in [0.25, 0.3) is 0 Å². The minimum atomic E-state index is -0.484. The number of hydrogen-bond donors (Lipinski definition) is 1. The van der Waals surface area contributed by atoms with Crippen molar-refractivity contribution in [2.75, 3.05) is 0 Å². The van der Waals surface area contributed by atoms with Crippen molar-refractivity contribution < 1.29 is 4.79 Å². The molecule has 2 N–H and O–H groups in total. The molecule has 0 aliphatic carbocycles. The van der Waals surface area contributed by atoms with Crippen LogP contribution in [-0.4, -0.2) is 11.8 Å². The summed E-state index contributed by atoms with van der Waals surface area (Å²) < 4.78 is 0. The van der Waals surface area contributed by atoms with E-state index in [0.29, 0.717) is 6.42 Å². The van der Waals surface area contributed by atoms with Crippen LogP contribution < -0.4 is 5.73 Å². The van der Waals surface area contributed by atoms with Gasteiger partial charge in [0, 0.05) is 0 Å². The lowest BCUT2D eigenvalue weighted by Gasteiger charge is -2.07. The van der Waals surface area contributed by atoms with Crippen molar-refractivity contribution in [3.63, 3.8) is 0 Å². The maximum atomic E-state index is 11.9. The fraction of sp³-hybridized carbons (Fsp3) is 0.118. The molecular weight excluding hydrogens is 234 g/mol. The Morgan fingerprint density at radius 1 is 1.00 bits per heavy atom. The summed E-state index contributed by atoms with van der Waals surface area (Å²) in [4.78, 5) is 11.9. The van der Waals surface area contributed by atoms with Crippen molar-refractivity contribution in [2.24, 2.45) is 5.73 Å². The van der Waals surface area contributed by atoms with Gasteiger partial charge in [0.15, 0.2) is 5.78 Å². The molecule has 0 fully saturated rings. The molecule has 0 saturated carbocycles. The second kappa shape index (κ2) is 6.66. The third-order valence-corrected chi connectivity index (χ3v) is 2.90. The Morgan fingerprint density at radius 2 is 1.58 bits per heavy atom. The highest BCUT2D eigenvalue weighted by atomic mass is 16.1. The fourth-order valence-electron chi connectivity index (χ4n) is 1.83. The highest BCUT2D eigenvalue weighted by Gasteiger charge is 2.10. The van der Waals surface area contributed by atoms with E-state index < -0.39 is 6.04 Å². The molecule has 96 valence electrons. The molecule has 2 aromatic carbocycles. The van der Waals surface area contributed by atoms with Crippen LogP contribution in [0.1, 0.15) is 11.1 Å². The molecule has 0 radical (unpaired) electrons. The zero-order valence-corrected chi connectivity index (χ0v) is 10.7. The van der Waals surface area contributed by atoms with Gasteiger partial charge in [-0.3, -0.25) is 4.79 Å². The van der Waals surface area contributed by atoms with Gasteiger partial charge in [0.05, 0.1) is 6.04 Å². The third kappa shape index (κ3) is 4.19. The lowest BCUT2D eigenvalue weighted by Crippen LogP contribution is -2.31. The Labute approximate surface area is 113 Å². The summed E-state index contributed by atoms with van der Waals surface area (Å²) in [7, 11) is 0. The number of benzene rings is 2. The van der Waals surface area contributed by atoms with Crippen LogP contribution in [-0.2, 0) is 11.2 Å². The fourth-order valence-corrected chi connectivity index (χ4v) is 1.83.